The predicted octanol–water partition coefficient (Wildman–Crippen LogP) is 1.69. The van der Waals surface area contributed by atoms with E-state index in [-0.39, 0.29) is 11.1 Å². The van der Waals surface area contributed by atoms with Gasteiger partial charge in [0.1, 0.15) is 0 Å². The van der Waals surface area contributed by atoms with E-state index < -0.39 is 6.43 Å². The molecule has 0 saturated carbocycles. The minimum absolute atomic E-state index is 0.127. The number of rotatable bonds is 1. The first-order valence-corrected chi connectivity index (χ1v) is 3.69. The van der Waals surface area contributed by atoms with E-state index in [1.54, 1.807) is 12.1 Å². The average molecular weight is 183 g/mol. The van der Waals surface area contributed by atoms with Crippen molar-refractivity contribution in [1.82, 2.24) is 9.66 Å². The summed E-state index contributed by atoms with van der Waals surface area (Å²) in [6.45, 7) is 0. The summed E-state index contributed by atoms with van der Waals surface area (Å²) in [6.07, 6.45) is 0.124. The normalized spacial score (nSPS) is 11.3. The van der Waals surface area contributed by atoms with Gasteiger partial charge < -0.3 is 5.84 Å². The minimum atomic E-state index is -2.54. The summed E-state index contributed by atoms with van der Waals surface area (Å²) in [5.74, 6) is 5.46. The van der Waals surface area contributed by atoms with Crippen molar-refractivity contribution in [1.29, 1.82) is 0 Å². The molecule has 3 nitrogen and oxygen atoms in total. The summed E-state index contributed by atoms with van der Waals surface area (Å²) < 4.78 is 26.0. The fraction of sp³-hybridized carbons (Fsp3) is 0.125. The van der Waals surface area contributed by atoms with Gasteiger partial charge in [0.05, 0.1) is 16.6 Å². The SMILES string of the molecule is Nn1cc(C(F)F)c2ncccc21. The Morgan fingerprint density at radius 1 is 1.46 bits per heavy atom. The van der Waals surface area contributed by atoms with E-state index in [0.29, 0.717) is 5.52 Å². The fourth-order valence-corrected chi connectivity index (χ4v) is 1.27. The molecule has 0 unspecified atom stereocenters. The van der Waals surface area contributed by atoms with Crippen molar-refractivity contribution in [2.75, 3.05) is 5.84 Å². The lowest BCUT2D eigenvalue weighted by atomic mass is 10.3. The summed E-state index contributed by atoms with van der Waals surface area (Å²) in [5.41, 5.74) is 0.649. The van der Waals surface area contributed by atoms with Crippen LogP contribution in [0, 0.1) is 0 Å². The molecule has 0 aliphatic heterocycles. The zero-order chi connectivity index (χ0) is 9.42. The second-order valence-electron chi connectivity index (χ2n) is 2.66. The van der Waals surface area contributed by atoms with Gasteiger partial charge in [-0.3, -0.25) is 9.66 Å². The molecule has 2 N–H and O–H groups in total. The van der Waals surface area contributed by atoms with Crippen molar-refractivity contribution in [3.8, 4) is 0 Å². The van der Waals surface area contributed by atoms with Gasteiger partial charge in [-0.1, -0.05) is 0 Å². The first-order valence-electron chi connectivity index (χ1n) is 3.69. The Hall–Kier alpha value is -1.65. The molecule has 0 amide bonds. The van der Waals surface area contributed by atoms with Crippen LogP contribution in [0.2, 0.25) is 0 Å². The van der Waals surface area contributed by atoms with Crippen LogP contribution < -0.4 is 5.84 Å². The monoisotopic (exact) mass is 183 g/mol. The highest BCUT2D eigenvalue weighted by Crippen LogP contribution is 2.26. The van der Waals surface area contributed by atoms with E-state index in [4.69, 9.17) is 5.84 Å². The molecule has 2 rings (SSSR count). The number of nitrogens with zero attached hydrogens (tertiary/aromatic N) is 2. The molecule has 2 aromatic rings. The van der Waals surface area contributed by atoms with Crippen LogP contribution in [-0.4, -0.2) is 9.66 Å². The molecule has 13 heavy (non-hydrogen) atoms. The van der Waals surface area contributed by atoms with Gasteiger partial charge in [-0.05, 0) is 12.1 Å². The Morgan fingerprint density at radius 3 is 2.92 bits per heavy atom. The molecular formula is C8H7F2N3. The minimum Gasteiger partial charge on any atom is -0.339 e. The molecule has 0 radical (unpaired) electrons. The Bertz CT molecular complexity index is 436. The first-order chi connectivity index (χ1) is 6.20. The number of fused-ring (bicyclic) bond motifs is 1. The van der Waals surface area contributed by atoms with Crippen molar-refractivity contribution in [3.63, 3.8) is 0 Å². The molecule has 0 aliphatic rings. The molecule has 0 atom stereocenters. The topological polar surface area (TPSA) is 43.8 Å². The molecule has 68 valence electrons. The van der Waals surface area contributed by atoms with E-state index in [9.17, 15) is 8.78 Å². The van der Waals surface area contributed by atoms with E-state index in [2.05, 4.69) is 4.98 Å². The van der Waals surface area contributed by atoms with Crippen LogP contribution in [0.1, 0.15) is 12.0 Å². The average Bonchev–Trinajstić information content (AvgIpc) is 2.45. The summed E-state index contributed by atoms with van der Waals surface area (Å²) in [4.78, 5) is 3.84. The van der Waals surface area contributed by atoms with Gasteiger partial charge in [0, 0.05) is 12.4 Å². The highest BCUT2D eigenvalue weighted by Gasteiger charge is 2.15. The molecule has 0 aromatic carbocycles. The second-order valence-corrected chi connectivity index (χ2v) is 2.66. The second kappa shape index (κ2) is 2.69. The van der Waals surface area contributed by atoms with Gasteiger partial charge in [0.25, 0.3) is 6.43 Å². The molecule has 2 heterocycles. The molecular weight excluding hydrogens is 176 g/mol. The number of aromatic nitrogens is 2. The number of pyridine rings is 1. The smallest absolute Gasteiger partial charge is 0.267 e. The molecule has 0 bridgehead atoms. The van der Waals surface area contributed by atoms with E-state index >= 15 is 0 Å². The quantitative estimate of drug-likeness (QED) is 0.683. The Labute approximate surface area is 72.8 Å². The van der Waals surface area contributed by atoms with Crippen molar-refractivity contribution in [2.45, 2.75) is 6.43 Å². The number of hydrogen-bond acceptors (Lipinski definition) is 2. The van der Waals surface area contributed by atoms with Crippen LogP contribution >= 0.6 is 0 Å². The number of nitrogens with two attached hydrogens (primary N) is 1. The third-order valence-corrected chi connectivity index (χ3v) is 1.85. The summed E-state index contributed by atoms with van der Waals surface area (Å²) >= 11 is 0. The maximum atomic E-state index is 12.4. The molecule has 0 spiro atoms. The van der Waals surface area contributed by atoms with Crippen LogP contribution in [0.5, 0.6) is 0 Å². The zero-order valence-electron chi connectivity index (χ0n) is 6.61. The lowest BCUT2D eigenvalue weighted by molar-refractivity contribution is 0.152. The standard InChI is InChI=1S/C8H7F2N3/c9-8(10)5-4-13(11)6-2-1-3-12-7(5)6/h1-4,8H,11H2. The molecule has 0 aliphatic carbocycles. The van der Waals surface area contributed by atoms with Crippen molar-refractivity contribution < 1.29 is 8.78 Å². The highest BCUT2D eigenvalue weighted by atomic mass is 19.3. The van der Waals surface area contributed by atoms with Gasteiger partial charge in [-0.15, -0.1) is 0 Å². The van der Waals surface area contributed by atoms with Gasteiger partial charge in [-0.25, -0.2) is 8.78 Å². The fourth-order valence-electron chi connectivity index (χ4n) is 1.27. The molecule has 0 fully saturated rings. The maximum Gasteiger partial charge on any atom is 0.267 e. The number of hydrogen-bond donors (Lipinski definition) is 1. The van der Waals surface area contributed by atoms with Crippen molar-refractivity contribution in [3.05, 3.63) is 30.1 Å². The third-order valence-electron chi connectivity index (χ3n) is 1.85. The van der Waals surface area contributed by atoms with E-state index in [0.717, 1.165) is 4.68 Å². The lowest BCUT2D eigenvalue weighted by Gasteiger charge is -1.93. The number of alkyl halides is 2. The van der Waals surface area contributed by atoms with Crippen LogP contribution in [0.3, 0.4) is 0 Å². The van der Waals surface area contributed by atoms with Gasteiger partial charge >= 0.3 is 0 Å². The molecule has 0 saturated heterocycles. The van der Waals surface area contributed by atoms with E-state index in [1.807, 2.05) is 0 Å². The number of halogens is 2. The van der Waals surface area contributed by atoms with E-state index in [1.165, 1.54) is 12.4 Å². The molecule has 2 aromatic heterocycles. The first kappa shape index (κ1) is 7.97. The third kappa shape index (κ3) is 1.12. The van der Waals surface area contributed by atoms with Crippen LogP contribution in [0.15, 0.2) is 24.5 Å². The summed E-state index contributed by atoms with van der Waals surface area (Å²) in [7, 11) is 0. The largest absolute Gasteiger partial charge is 0.339 e. The summed E-state index contributed by atoms with van der Waals surface area (Å²) in [6, 6.07) is 3.30. The zero-order valence-corrected chi connectivity index (χ0v) is 6.61. The predicted molar refractivity (Wildman–Crippen MR) is 44.8 cm³/mol. The Kier molecular flexibility index (Phi) is 1.65. The van der Waals surface area contributed by atoms with Gasteiger partial charge in [0.15, 0.2) is 0 Å². The number of nitrogen functional groups attached to an aromatic ring is 1. The van der Waals surface area contributed by atoms with Crippen LogP contribution in [0.25, 0.3) is 11.0 Å². The Balaban J connectivity index is 2.78. The van der Waals surface area contributed by atoms with Crippen molar-refractivity contribution in [2.24, 2.45) is 0 Å². The lowest BCUT2D eigenvalue weighted by Crippen LogP contribution is -2.04. The summed E-state index contributed by atoms with van der Waals surface area (Å²) in [5, 5.41) is 0. The van der Waals surface area contributed by atoms with Crippen LogP contribution in [-0.2, 0) is 0 Å². The highest BCUT2D eigenvalue weighted by molar-refractivity contribution is 5.79. The van der Waals surface area contributed by atoms with Gasteiger partial charge in [-0.2, -0.15) is 0 Å². The Morgan fingerprint density at radius 2 is 2.23 bits per heavy atom. The van der Waals surface area contributed by atoms with Gasteiger partial charge in [0.2, 0.25) is 0 Å². The van der Waals surface area contributed by atoms with Crippen molar-refractivity contribution >= 4 is 11.0 Å². The maximum absolute atomic E-state index is 12.4. The molecule has 5 heteroatoms. The van der Waals surface area contributed by atoms with Crippen LogP contribution in [0.4, 0.5) is 8.78 Å².